The molecule has 1 aromatic carbocycles. The fourth-order valence-electron chi connectivity index (χ4n) is 1.46. The van der Waals surface area contributed by atoms with E-state index in [1.807, 2.05) is 0 Å². The van der Waals surface area contributed by atoms with Gasteiger partial charge in [0, 0.05) is 16.5 Å². The van der Waals surface area contributed by atoms with Crippen LogP contribution in [0, 0.1) is 0 Å². The molecular formula is C11H8Cl3N3. The van der Waals surface area contributed by atoms with Crippen molar-refractivity contribution < 1.29 is 0 Å². The van der Waals surface area contributed by atoms with Crippen LogP contribution in [-0.4, -0.2) is 9.97 Å². The maximum absolute atomic E-state index is 6.07. The lowest BCUT2D eigenvalue weighted by molar-refractivity contribution is 1.04. The molecule has 0 fully saturated rings. The third kappa shape index (κ3) is 3.00. The Bertz CT molecular complexity index is 517. The van der Waals surface area contributed by atoms with Crippen LogP contribution in [0.4, 0.5) is 5.95 Å². The molecule has 0 aliphatic rings. The molecule has 2 N–H and O–H groups in total. The standard InChI is InChI=1S/C11H8Cl3N3/c12-8-2-1-3-9(13)7(8)4-6-5-10(14)17-11(15)16-6/h1-3,5H,4H2,(H2,15,16,17). The predicted octanol–water partition coefficient (Wildman–Crippen LogP) is 3.61. The van der Waals surface area contributed by atoms with Crippen molar-refractivity contribution >= 4 is 40.8 Å². The van der Waals surface area contributed by atoms with Crippen molar-refractivity contribution in [2.75, 3.05) is 5.73 Å². The van der Waals surface area contributed by atoms with Gasteiger partial charge in [0.25, 0.3) is 0 Å². The fraction of sp³-hybridized carbons (Fsp3) is 0.0909. The predicted molar refractivity (Wildman–Crippen MR) is 70.7 cm³/mol. The lowest BCUT2D eigenvalue weighted by Crippen LogP contribution is -2.01. The van der Waals surface area contributed by atoms with Crippen LogP contribution in [0.2, 0.25) is 15.2 Å². The number of nitrogen functional groups attached to an aromatic ring is 1. The van der Waals surface area contributed by atoms with E-state index in [9.17, 15) is 0 Å². The van der Waals surface area contributed by atoms with E-state index < -0.39 is 0 Å². The Hall–Kier alpha value is -1.03. The fourth-order valence-corrected chi connectivity index (χ4v) is 2.20. The molecule has 1 heterocycles. The first kappa shape index (κ1) is 12.4. The summed E-state index contributed by atoms with van der Waals surface area (Å²) in [6.45, 7) is 0. The zero-order valence-electron chi connectivity index (χ0n) is 8.62. The molecule has 0 amide bonds. The van der Waals surface area contributed by atoms with Crippen molar-refractivity contribution in [3.05, 3.63) is 50.7 Å². The molecule has 0 radical (unpaired) electrons. The van der Waals surface area contributed by atoms with E-state index in [-0.39, 0.29) is 5.95 Å². The van der Waals surface area contributed by atoms with Crippen LogP contribution in [-0.2, 0) is 6.42 Å². The number of anilines is 1. The van der Waals surface area contributed by atoms with Crippen molar-refractivity contribution in [1.29, 1.82) is 0 Å². The van der Waals surface area contributed by atoms with Gasteiger partial charge in [0.15, 0.2) is 0 Å². The summed E-state index contributed by atoms with van der Waals surface area (Å²) in [6.07, 6.45) is 0.463. The molecule has 17 heavy (non-hydrogen) atoms. The molecule has 0 atom stereocenters. The minimum absolute atomic E-state index is 0.135. The van der Waals surface area contributed by atoms with E-state index >= 15 is 0 Å². The van der Waals surface area contributed by atoms with Crippen LogP contribution in [0.15, 0.2) is 24.3 Å². The average Bonchev–Trinajstić information content (AvgIpc) is 2.22. The van der Waals surface area contributed by atoms with Gasteiger partial charge in [-0.3, -0.25) is 0 Å². The Balaban J connectivity index is 2.38. The maximum atomic E-state index is 6.07. The largest absolute Gasteiger partial charge is 0.368 e. The van der Waals surface area contributed by atoms with Crippen molar-refractivity contribution in [2.24, 2.45) is 0 Å². The molecule has 0 bridgehead atoms. The van der Waals surface area contributed by atoms with Gasteiger partial charge in [-0.05, 0) is 23.8 Å². The van der Waals surface area contributed by atoms with Crippen molar-refractivity contribution in [3.8, 4) is 0 Å². The Labute approximate surface area is 114 Å². The Morgan fingerprint density at radius 2 is 1.71 bits per heavy atom. The van der Waals surface area contributed by atoms with Gasteiger partial charge in [0.2, 0.25) is 5.95 Å². The first-order chi connectivity index (χ1) is 8.06. The summed E-state index contributed by atoms with van der Waals surface area (Å²) in [4.78, 5) is 7.86. The first-order valence-electron chi connectivity index (χ1n) is 4.78. The molecular weight excluding hydrogens is 281 g/mol. The molecule has 0 saturated carbocycles. The van der Waals surface area contributed by atoms with Crippen LogP contribution < -0.4 is 5.73 Å². The molecule has 1 aromatic heterocycles. The number of hydrogen-bond acceptors (Lipinski definition) is 3. The van der Waals surface area contributed by atoms with E-state index in [2.05, 4.69) is 9.97 Å². The van der Waals surface area contributed by atoms with Crippen LogP contribution in [0.5, 0.6) is 0 Å². The molecule has 3 nitrogen and oxygen atoms in total. The third-order valence-corrected chi connectivity index (χ3v) is 3.09. The number of benzene rings is 1. The molecule has 0 saturated heterocycles. The van der Waals surface area contributed by atoms with E-state index in [0.717, 1.165) is 5.56 Å². The van der Waals surface area contributed by atoms with Gasteiger partial charge in [0.1, 0.15) is 5.15 Å². The summed E-state index contributed by atoms with van der Waals surface area (Å²) >= 11 is 17.9. The zero-order valence-corrected chi connectivity index (χ0v) is 10.9. The lowest BCUT2D eigenvalue weighted by atomic mass is 10.1. The molecule has 0 unspecified atom stereocenters. The average molecular weight is 289 g/mol. The highest BCUT2D eigenvalue weighted by molar-refractivity contribution is 6.36. The van der Waals surface area contributed by atoms with Crippen molar-refractivity contribution in [1.82, 2.24) is 9.97 Å². The summed E-state index contributed by atoms with van der Waals surface area (Å²) in [6, 6.07) is 6.97. The smallest absolute Gasteiger partial charge is 0.221 e. The summed E-state index contributed by atoms with van der Waals surface area (Å²) in [5.41, 5.74) is 6.99. The second-order valence-electron chi connectivity index (χ2n) is 3.42. The van der Waals surface area contributed by atoms with Gasteiger partial charge in [-0.15, -0.1) is 0 Å². The summed E-state index contributed by atoms with van der Waals surface area (Å²) in [7, 11) is 0. The highest BCUT2D eigenvalue weighted by atomic mass is 35.5. The maximum Gasteiger partial charge on any atom is 0.221 e. The lowest BCUT2D eigenvalue weighted by Gasteiger charge is -2.07. The van der Waals surface area contributed by atoms with Crippen LogP contribution in [0.25, 0.3) is 0 Å². The normalized spacial score (nSPS) is 10.5. The second kappa shape index (κ2) is 5.08. The number of halogens is 3. The highest BCUT2D eigenvalue weighted by Gasteiger charge is 2.08. The monoisotopic (exact) mass is 287 g/mol. The van der Waals surface area contributed by atoms with E-state index in [1.54, 1.807) is 24.3 Å². The number of nitrogens with two attached hydrogens (primary N) is 1. The van der Waals surface area contributed by atoms with Gasteiger partial charge >= 0.3 is 0 Å². The topological polar surface area (TPSA) is 51.8 Å². The molecule has 0 spiro atoms. The van der Waals surface area contributed by atoms with Gasteiger partial charge in [-0.25, -0.2) is 9.97 Å². The van der Waals surface area contributed by atoms with Crippen molar-refractivity contribution in [2.45, 2.75) is 6.42 Å². The minimum atomic E-state index is 0.135. The SMILES string of the molecule is Nc1nc(Cl)cc(Cc2c(Cl)cccc2Cl)n1. The number of aromatic nitrogens is 2. The summed E-state index contributed by atoms with van der Waals surface area (Å²) in [5, 5.41) is 1.48. The molecule has 2 rings (SSSR count). The summed E-state index contributed by atoms with van der Waals surface area (Å²) < 4.78 is 0. The van der Waals surface area contributed by atoms with E-state index in [1.165, 1.54) is 0 Å². The van der Waals surface area contributed by atoms with Gasteiger partial charge < -0.3 is 5.73 Å². The quantitative estimate of drug-likeness (QED) is 0.859. The van der Waals surface area contributed by atoms with Gasteiger partial charge in [-0.2, -0.15) is 0 Å². The van der Waals surface area contributed by atoms with E-state index in [0.29, 0.717) is 27.3 Å². The van der Waals surface area contributed by atoms with Crippen molar-refractivity contribution in [3.63, 3.8) is 0 Å². The van der Waals surface area contributed by atoms with Crippen LogP contribution in [0.3, 0.4) is 0 Å². The van der Waals surface area contributed by atoms with Gasteiger partial charge in [0.05, 0.1) is 5.69 Å². The number of hydrogen-bond donors (Lipinski definition) is 1. The first-order valence-corrected chi connectivity index (χ1v) is 5.91. The Morgan fingerprint density at radius 1 is 1.06 bits per heavy atom. The molecule has 0 aliphatic heterocycles. The zero-order chi connectivity index (χ0) is 12.4. The molecule has 6 heteroatoms. The molecule has 88 valence electrons. The van der Waals surface area contributed by atoms with Gasteiger partial charge in [-0.1, -0.05) is 40.9 Å². The Kier molecular flexibility index (Phi) is 3.72. The number of rotatable bonds is 2. The van der Waals surface area contributed by atoms with Crippen LogP contribution >= 0.6 is 34.8 Å². The second-order valence-corrected chi connectivity index (χ2v) is 4.62. The third-order valence-electron chi connectivity index (χ3n) is 2.18. The minimum Gasteiger partial charge on any atom is -0.368 e. The Morgan fingerprint density at radius 3 is 2.29 bits per heavy atom. The number of nitrogens with zero attached hydrogens (tertiary/aromatic N) is 2. The highest BCUT2D eigenvalue weighted by Crippen LogP contribution is 2.26. The van der Waals surface area contributed by atoms with E-state index in [4.69, 9.17) is 40.5 Å². The van der Waals surface area contributed by atoms with Crippen LogP contribution in [0.1, 0.15) is 11.3 Å². The summed E-state index contributed by atoms with van der Waals surface area (Å²) in [5.74, 6) is 0.135. The molecule has 2 aromatic rings. The molecule has 0 aliphatic carbocycles.